The number of likely N-dealkylation sites (N-methyl/N-ethyl adjacent to an activating group) is 1. The topological polar surface area (TPSA) is 80.1 Å². The lowest BCUT2D eigenvalue weighted by Crippen LogP contribution is -2.35. The maximum Gasteiger partial charge on any atom is 0.243 e. The molecule has 31 heavy (non-hydrogen) atoms. The molecule has 7 heteroatoms. The molecule has 0 saturated heterocycles. The Morgan fingerprint density at radius 1 is 1.13 bits per heavy atom. The largest absolute Gasteiger partial charge is 0.336 e. The third kappa shape index (κ3) is 5.10. The highest BCUT2D eigenvalue weighted by molar-refractivity contribution is 5.94. The first-order valence-electron chi connectivity index (χ1n) is 10.6. The minimum Gasteiger partial charge on any atom is -0.336 e. The summed E-state index contributed by atoms with van der Waals surface area (Å²) in [6, 6.07) is 7.81. The number of nitrogens with zero attached hydrogens (tertiary/aromatic N) is 4. The summed E-state index contributed by atoms with van der Waals surface area (Å²) in [6.07, 6.45) is 2.75. The molecule has 2 amide bonds. The number of aryl methyl sites for hydroxylation is 3. The van der Waals surface area contributed by atoms with E-state index in [1.807, 2.05) is 49.0 Å². The summed E-state index contributed by atoms with van der Waals surface area (Å²) in [4.78, 5) is 31.1. The van der Waals surface area contributed by atoms with Gasteiger partial charge in [-0.1, -0.05) is 17.7 Å². The highest BCUT2D eigenvalue weighted by Crippen LogP contribution is 2.25. The number of hydrogen-bond donors (Lipinski definition) is 1. The Bertz CT molecular complexity index is 1100. The predicted molar refractivity (Wildman–Crippen MR) is 123 cm³/mol. The normalized spacial score (nSPS) is 11.2. The van der Waals surface area contributed by atoms with Crippen LogP contribution in [0.1, 0.15) is 48.7 Å². The summed E-state index contributed by atoms with van der Waals surface area (Å²) < 4.78 is 1.92. The number of fused-ring (bicyclic) bond motifs is 1. The van der Waals surface area contributed by atoms with Gasteiger partial charge in [-0.3, -0.25) is 9.59 Å². The number of benzene rings is 1. The van der Waals surface area contributed by atoms with Crippen molar-refractivity contribution in [2.45, 2.75) is 53.5 Å². The van der Waals surface area contributed by atoms with Crippen molar-refractivity contribution in [3.8, 4) is 0 Å². The SMILES string of the molecule is Cc1ccc(NC(=O)CN(C)C(=O)CCc2c(C)nc3c(cnn3C(C)C)c2C)cc1. The van der Waals surface area contributed by atoms with E-state index in [-0.39, 0.29) is 24.4 Å². The zero-order chi connectivity index (χ0) is 22.7. The monoisotopic (exact) mass is 421 g/mol. The van der Waals surface area contributed by atoms with Crippen LogP contribution in [0.15, 0.2) is 30.5 Å². The van der Waals surface area contributed by atoms with Gasteiger partial charge in [0.25, 0.3) is 0 Å². The molecule has 3 rings (SSSR count). The van der Waals surface area contributed by atoms with Gasteiger partial charge in [-0.15, -0.1) is 0 Å². The zero-order valence-corrected chi connectivity index (χ0v) is 19.2. The van der Waals surface area contributed by atoms with Gasteiger partial charge in [0.1, 0.15) is 0 Å². The van der Waals surface area contributed by atoms with Gasteiger partial charge in [-0.2, -0.15) is 5.10 Å². The van der Waals surface area contributed by atoms with Crippen LogP contribution in [0.25, 0.3) is 11.0 Å². The number of nitrogens with one attached hydrogen (secondary N) is 1. The van der Waals surface area contributed by atoms with E-state index in [2.05, 4.69) is 31.2 Å². The fourth-order valence-corrected chi connectivity index (χ4v) is 3.70. The van der Waals surface area contributed by atoms with Crippen LogP contribution in [0.3, 0.4) is 0 Å². The van der Waals surface area contributed by atoms with Crippen LogP contribution in [0.2, 0.25) is 0 Å². The maximum absolute atomic E-state index is 12.6. The van der Waals surface area contributed by atoms with Gasteiger partial charge in [0.15, 0.2) is 5.65 Å². The molecule has 0 aliphatic carbocycles. The molecule has 0 unspecified atom stereocenters. The molecule has 0 radical (unpaired) electrons. The van der Waals surface area contributed by atoms with Gasteiger partial charge in [0, 0.05) is 36.3 Å². The van der Waals surface area contributed by atoms with E-state index in [1.54, 1.807) is 7.05 Å². The fourth-order valence-electron chi connectivity index (χ4n) is 3.70. The molecule has 7 nitrogen and oxygen atoms in total. The zero-order valence-electron chi connectivity index (χ0n) is 19.2. The summed E-state index contributed by atoms with van der Waals surface area (Å²) >= 11 is 0. The average molecular weight is 422 g/mol. The molecular weight excluding hydrogens is 390 g/mol. The lowest BCUT2D eigenvalue weighted by atomic mass is 10.00. The van der Waals surface area contributed by atoms with Crippen LogP contribution >= 0.6 is 0 Å². The van der Waals surface area contributed by atoms with Gasteiger partial charge in [0.05, 0.1) is 12.7 Å². The van der Waals surface area contributed by atoms with E-state index in [1.165, 1.54) is 4.90 Å². The molecule has 2 aromatic heterocycles. The summed E-state index contributed by atoms with van der Waals surface area (Å²) in [5.41, 5.74) is 5.83. The number of carbonyl (C=O) groups is 2. The second-order valence-electron chi connectivity index (χ2n) is 8.38. The van der Waals surface area contributed by atoms with E-state index in [0.717, 1.165) is 39.1 Å². The van der Waals surface area contributed by atoms with Gasteiger partial charge in [0.2, 0.25) is 11.8 Å². The van der Waals surface area contributed by atoms with E-state index < -0.39 is 0 Å². The smallest absolute Gasteiger partial charge is 0.243 e. The van der Waals surface area contributed by atoms with Crippen molar-refractivity contribution >= 4 is 28.5 Å². The first-order valence-corrected chi connectivity index (χ1v) is 10.6. The van der Waals surface area contributed by atoms with Crippen LogP contribution in [0.4, 0.5) is 5.69 Å². The quantitative estimate of drug-likeness (QED) is 0.626. The van der Waals surface area contributed by atoms with Crippen LogP contribution in [-0.2, 0) is 16.0 Å². The van der Waals surface area contributed by atoms with Crippen molar-refractivity contribution in [1.29, 1.82) is 0 Å². The lowest BCUT2D eigenvalue weighted by molar-refractivity contribution is -0.133. The Hall–Kier alpha value is -3.22. The van der Waals surface area contributed by atoms with Crippen molar-refractivity contribution in [1.82, 2.24) is 19.7 Å². The number of anilines is 1. The Morgan fingerprint density at radius 3 is 2.45 bits per heavy atom. The molecule has 2 heterocycles. The molecular formula is C24H31N5O2. The molecule has 0 atom stereocenters. The van der Waals surface area contributed by atoms with E-state index in [4.69, 9.17) is 4.98 Å². The lowest BCUT2D eigenvalue weighted by Gasteiger charge is -2.18. The summed E-state index contributed by atoms with van der Waals surface area (Å²) in [6.45, 7) is 10.2. The number of amides is 2. The van der Waals surface area contributed by atoms with E-state index in [9.17, 15) is 9.59 Å². The molecule has 3 aromatic rings. The van der Waals surface area contributed by atoms with E-state index in [0.29, 0.717) is 12.8 Å². The molecule has 0 saturated carbocycles. The second-order valence-corrected chi connectivity index (χ2v) is 8.38. The van der Waals surface area contributed by atoms with Crippen LogP contribution < -0.4 is 5.32 Å². The average Bonchev–Trinajstić information content (AvgIpc) is 3.13. The number of aromatic nitrogens is 3. The van der Waals surface area contributed by atoms with Crippen molar-refractivity contribution in [2.24, 2.45) is 0 Å². The molecule has 0 aliphatic heterocycles. The summed E-state index contributed by atoms with van der Waals surface area (Å²) in [5.74, 6) is -0.285. The minimum absolute atomic E-state index is 0.0170. The summed E-state index contributed by atoms with van der Waals surface area (Å²) in [7, 11) is 1.66. The van der Waals surface area contributed by atoms with Gasteiger partial charge in [-0.05, 0) is 64.3 Å². The number of rotatable bonds is 7. The van der Waals surface area contributed by atoms with Crippen molar-refractivity contribution in [2.75, 3.05) is 18.9 Å². The standard InChI is InChI=1S/C24H31N5O2/c1-15(2)29-24-21(13-25-29)17(4)20(18(5)26-24)11-12-23(31)28(6)14-22(30)27-19-9-7-16(3)8-10-19/h7-10,13,15H,11-12,14H2,1-6H3,(H,27,30). The first kappa shape index (κ1) is 22.5. The highest BCUT2D eigenvalue weighted by atomic mass is 16.2. The number of pyridine rings is 1. The third-order valence-corrected chi connectivity index (χ3v) is 5.56. The molecule has 1 N–H and O–H groups in total. The third-order valence-electron chi connectivity index (χ3n) is 5.56. The number of hydrogen-bond acceptors (Lipinski definition) is 4. The van der Waals surface area contributed by atoms with Gasteiger partial charge in [-0.25, -0.2) is 9.67 Å². The Balaban J connectivity index is 1.62. The first-order chi connectivity index (χ1) is 14.7. The van der Waals surface area contributed by atoms with Crippen molar-refractivity contribution in [3.05, 3.63) is 52.8 Å². The Labute approximate surface area is 183 Å². The molecule has 1 aromatic carbocycles. The summed E-state index contributed by atoms with van der Waals surface area (Å²) in [5, 5.41) is 8.31. The number of carbonyl (C=O) groups excluding carboxylic acids is 2. The van der Waals surface area contributed by atoms with Gasteiger partial charge >= 0.3 is 0 Å². The minimum atomic E-state index is -0.212. The Morgan fingerprint density at radius 2 is 1.81 bits per heavy atom. The highest BCUT2D eigenvalue weighted by Gasteiger charge is 2.18. The van der Waals surface area contributed by atoms with Gasteiger partial charge < -0.3 is 10.2 Å². The van der Waals surface area contributed by atoms with Crippen LogP contribution in [-0.4, -0.2) is 45.1 Å². The van der Waals surface area contributed by atoms with Crippen molar-refractivity contribution < 1.29 is 9.59 Å². The maximum atomic E-state index is 12.6. The molecule has 0 bridgehead atoms. The predicted octanol–water partition coefficient (Wildman–Crippen LogP) is 3.97. The second kappa shape index (κ2) is 9.29. The molecule has 0 aliphatic rings. The van der Waals surface area contributed by atoms with Crippen LogP contribution in [0, 0.1) is 20.8 Å². The van der Waals surface area contributed by atoms with E-state index >= 15 is 0 Å². The fraction of sp³-hybridized carbons (Fsp3) is 0.417. The Kier molecular flexibility index (Phi) is 6.73. The van der Waals surface area contributed by atoms with Crippen LogP contribution in [0.5, 0.6) is 0 Å². The molecule has 0 fully saturated rings. The molecule has 164 valence electrons. The molecule has 0 spiro atoms. The van der Waals surface area contributed by atoms with Crippen molar-refractivity contribution in [3.63, 3.8) is 0 Å².